The number of carbonyl (C=O) groups is 1. The van der Waals surface area contributed by atoms with Gasteiger partial charge in [0, 0.05) is 0 Å². The standard InChI is InChI=1S/C22H36BNO5/c1-8-26-20(25)17-14-18(23-28-21(2,3)22(4,5)29-23)16-19(15-17)27-13-11-9-10-12-24(6)7/h14-16H,8-13H2,1-7H3. The lowest BCUT2D eigenvalue weighted by atomic mass is 9.78. The van der Waals surface area contributed by atoms with Crippen molar-refractivity contribution >= 4 is 18.6 Å². The molecule has 0 radical (unpaired) electrons. The molecule has 1 heterocycles. The Morgan fingerprint density at radius 1 is 1.03 bits per heavy atom. The van der Waals surface area contributed by atoms with Gasteiger partial charge in [0.1, 0.15) is 5.75 Å². The SMILES string of the molecule is CCOC(=O)c1cc(OCCCCCN(C)C)cc(B2OC(C)(C)C(C)(C)O2)c1. The minimum absolute atomic E-state index is 0.321. The Morgan fingerprint density at radius 2 is 1.69 bits per heavy atom. The van der Waals surface area contributed by atoms with E-state index in [-0.39, 0.29) is 5.97 Å². The molecule has 0 N–H and O–H groups in total. The molecule has 7 heteroatoms. The second-order valence-electron chi connectivity index (χ2n) is 8.81. The summed E-state index contributed by atoms with van der Waals surface area (Å²) in [6, 6.07) is 5.39. The van der Waals surface area contributed by atoms with Gasteiger partial charge in [-0.05, 0) is 98.2 Å². The fraction of sp³-hybridized carbons (Fsp3) is 0.682. The molecule has 162 valence electrons. The minimum atomic E-state index is -0.559. The summed E-state index contributed by atoms with van der Waals surface area (Å²) in [7, 11) is 3.60. The zero-order valence-electron chi connectivity index (χ0n) is 19.0. The third-order valence-corrected chi connectivity index (χ3v) is 5.48. The average molecular weight is 405 g/mol. The van der Waals surface area contributed by atoms with Gasteiger partial charge in [0.15, 0.2) is 0 Å². The Labute approximate surface area is 176 Å². The Bertz CT molecular complexity index is 674. The highest BCUT2D eigenvalue weighted by Crippen LogP contribution is 2.36. The van der Waals surface area contributed by atoms with Gasteiger partial charge in [-0.25, -0.2) is 4.79 Å². The summed E-state index contributed by atoms with van der Waals surface area (Å²) in [5, 5.41) is 0. The largest absolute Gasteiger partial charge is 0.494 e. The van der Waals surface area contributed by atoms with E-state index < -0.39 is 18.3 Å². The predicted molar refractivity (Wildman–Crippen MR) is 116 cm³/mol. The molecule has 1 aromatic carbocycles. The highest BCUT2D eigenvalue weighted by molar-refractivity contribution is 6.62. The summed E-state index contributed by atoms with van der Waals surface area (Å²) in [5.41, 5.74) is 0.300. The van der Waals surface area contributed by atoms with Crippen LogP contribution in [0, 0.1) is 0 Å². The van der Waals surface area contributed by atoms with E-state index in [0.29, 0.717) is 24.5 Å². The van der Waals surface area contributed by atoms with Crippen LogP contribution in [-0.2, 0) is 14.0 Å². The first kappa shape index (κ1) is 23.7. The molecule has 2 rings (SSSR count). The molecule has 0 spiro atoms. The fourth-order valence-electron chi connectivity index (χ4n) is 3.05. The maximum Gasteiger partial charge on any atom is 0.494 e. The summed E-state index contributed by atoms with van der Waals surface area (Å²) in [6.07, 6.45) is 3.20. The van der Waals surface area contributed by atoms with Crippen LogP contribution in [0.2, 0.25) is 0 Å². The van der Waals surface area contributed by atoms with Crippen molar-refractivity contribution in [1.29, 1.82) is 0 Å². The van der Waals surface area contributed by atoms with Crippen LogP contribution in [0.4, 0.5) is 0 Å². The van der Waals surface area contributed by atoms with Crippen LogP contribution >= 0.6 is 0 Å². The van der Waals surface area contributed by atoms with Gasteiger partial charge in [-0.1, -0.05) is 0 Å². The predicted octanol–water partition coefficient (Wildman–Crippen LogP) is 3.27. The maximum absolute atomic E-state index is 12.3. The van der Waals surface area contributed by atoms with Gasteiger partial charge in [-0.15, -0.1) is 0 Å². The Balaban J connectivity index is 2.12. The minimum Gasteiger partial charge on any atom is -0.494 e. The van der Waals surface area contributed by atoms with Gasteiger partial charge in [0.2, 0.25) is 0 Å². The van der Waals surface area contributed by atoms with E-state index in [2.05, 4.69) is 19.0 Å². The monoisotopic (exact) mass is 405 g/mol. The molecule has 0 atom stereocenters. The van der Waals surface area contributed by atoms with E-state index in [4.69, 9.17) is 18.8 Å². The molecule has 0 bridgehead atoms. The quantitative estimate of drug-likeness (QED) is 0.338. The Morgan fingerprint density at radius 3 is 2.28 bits per heavy atom. The lowest BCUT2D eigenvalue weighted by Gasteiger charge is -2.32. The third-order valence-electron chi connectivity index (χ3n) is 5.48. The normalized spacial score (nSPS) is 17.6. The number of hydrogen-bond donors (Lipinski definition) is 0. The first-order valence-corrected chi connectivity index (χ1v) is 10.5. The summed E-state index contributed by atoms with van der Waals surface area (Å²) in [6.45, 7) is 11.8. The van der Waals surface area contributed by atoms with Crippen molar-refractivity contribution in [2.45, 2.75) is 65.1 Å². The highest BCUT2D eigenvalue weighted by Gasteiger charge is 2.51. The van der Waals surface area contributed by atoms with E-state index in [9.17, 15) is 4.79 Å². The van der Waals surface area contributed by atoms with Crippen molar-refractivity contribution in [2.24, 2.45) is 0 Å². The fourth-order valence-corrected chi connectivity index (χ4v) is 3.05. The van der Waals surface area contributed by atoms with Crippen molar-refractivity contribution in [1.82, 2.24) is 4.90 Å². The van der Waals surface area contributed by atoms with Gasteiger partial charge in [-0.2, -0.15) is 0 Å². The van der Waals surface area contributed by atoms with Gasteiger partial charge in [0.25, 0.3) is 0 Å². The van der Waals surface area contributed by atoms with Crippen LogP contribution in [0.3, 0.4) is 0 Å². The molecule has 0 aromatic heterocycles. The Hall–Kier alpha value is -1.57. The van der Waals surface area contributed by atoms with Gasteiger partial charge in [0.05, 0.1) is 30.0 Å². The van der Waals surface area contributed by atoms with E-state index in [1.165, 1.54) is 0 Å². The first-order valence-electron chi connectivity index (χ1n) is 10.5. The van der Waals surface area contributed by atoms with E-state index >= 15 is 0 Å². The molecule has 0 aliphatic carbocycles. The number of nitrogens with zero attached hydrogens (tertiary/aromatic N) is 1. The molecular weight excluding hydrogens is 369 g/mol. The Kier molecular flexibility index (Phi) is 8.14. The van der Waals surface area contributed by atoms with Crippen LogP contribution in [0.1, 0.15) is 64.2 Å². The molecule has 1 aromatic rings. The number of unbranched alkanes of at least 4 members (excludes halogenated alkanes) is 2. The van der Waals surface area contributed by atoms with Gasteiger partial charge in [-0.3, -0.25) is 0 Å². The second kappa shape index (κ2) is 9.96. The number of esters is 1. The van der Waals surface area contributed by atoms with Crippen LogP contribution in [0.25, 0.3) is 0 Å². The summed E-state index contributed by atoms with van der Waals surface area (Å²) in [5.74, 6) is 0.259. The molecule has 1 aliphatic heterocycles. The third kappa shape index (κ3) is 6.46. The number of benzene rings is 1. The maximum atomic E-state index is 12.3. The molecular formula is C22H36BNO5. The summed E-state index contributed by atoms with van der Waals surface area (Å²) >= 11 is 0. The van der Waals surface area contributed by atoms with E-state index in [1.807, 2.05) is 33.8 Å². The number of carbonyl (C=O) groups excluding carboxylic acids is 1. The lowest BCUT2D eigenvalue weighted by Crippen LogP contribution is -2.41. The first-order chi connectivity index (χ1) is 13.6. The zero-order valence-corrected chi connectivity index (χ0v) is 19.0. The smallest absolute Gasteiger partial charge is 0.494 e. The molecule has 6 nitrogen and oxygen atoms in total. The average Bonchev–Trinajstić information content (AvgIpc) is 2.85. The van der Waals surface area contributed by atoms with Gasteiger partial charge < -0.3 is 23.7 Å². The van der Waals surface area contributed by atoms with Crippen LogP contribution in [0.5, 0.6) is 5.75 Å². The lowest BCUT2D eigenvalue weighted by molar-refractivity contribution is 0.00578. The van der Waals surface area contributed by atoms with Crippen molar-refractivity contribution in [3.05, 3.63) is 23.8 Å². The zero-order chi connectivity index (χ0) is 21.7. The number of rotatable bonds is 10. The van der Waals surface area contributed by atoms with E-state index in [0.717, 1.165) is 31.3 Å². The number of ether oxygens (including phenoxy) is 2. The van der Waals surface area contributed by atoms with E-state index in [1.54, 1.807) is 19.1 Å². The molecule has 0 amide bonds. The van der Waals surface area contributed by atoms with Crippen molar-refractivity contribution < 1.29 is 23.6 Å². The molecule has 29 heavy (non-hydrogen) atoms. The number of hydrogen-bond acceptors (Lipinski definition) is 6. The van der Waals surface area contributed by atoms with Gasteiger partial charge >= 0.3 is 13.1 Å². The van der Waals surface area contributed by atoms with Crippen molar-refractivity contribution in [2.75, 3.05) is 33.9 Å². The van der Waals surface area contributed by atoms with Crippen molar-refractivity contribution in [3.8, 4) is 5.75 Å². The van der Waals surface area contributed by atoms with Crippen LogP contribution in [0.15, 0.2) is 18.2 Å². The molecule has 1 aliphatic rings. The molecule has 1 fully saturated rings. The summed E-state index contributed by atoms with van der Waals surface area (Å²) < 4.78 is 23.4. The van der Waals surface area contributed by atoms with Crippen LogP contribution in [-0.4, -0.2) is 63.0 Å². The summed E-state index contributed by atoms with van der Waals surface area (Å²) in [4.78, 5) is 14.5. The molecule has 1 saturated heterocycles. The van der Waals surface area contributed by atoms with Crippen LogP contribution < -0.4 is 10.2 Å². The highest BCUT2D eigenvalue weighted by atomic mass is 16.7. The molecule has 0 saturated carbocycles. The topological polar surface area (TPSA) is 57.2 Å². The van der Waals surface area contributed by atoms with Crippen molar-refractivity contribution in [3.63, 3.8) is 0 Å². The molecule has 0 unspecified atom stereocenters. The second-order valence-corrected chi connectivity index (χ2v) is 8.81.